The molecule has 1 aromatic heterocycles. The minimum atomic E-state index is -0.142. The number of nitrogens with zero attached hydrogens (tertiary/aromatic N) is 1. The van der Waals surface area contributed by atoms with E-state index in [9.17, 15) is 9.90 Å². The van der Waals surface area contributed by atoms with Gasteiger partial charge in [0.15, 0.2) is 5.13 Å². The van der Waals surface area contributed by atoms with E-state index in [1.807, 2.05) is 31.2 Å². The van der Waals surface area contributed by atoms with Gasteiger partial charge in [0.1, 0.15) is 5.75 Å². The van der Waals surface area contributed by atoms with Crippen molar-refractivity contribution in [2.24, 2.45) is 0 Å². The molecule has 0 aliphatic rings. The molecule has 0 saturated heterocycles. The van der Waals surface area contributed by atoms with Crippen LogP contribution in [0.25, 0.3) is 11.3 Å². The number of hydrogen-bond donors (Lipinski definition) is 2. The molecule has 1 amide bonds. The molecule has 1 heterocycles. The number of aryl methyl sites for hydroxylation is 1. The van der Waals surface area contributed by atoms with Crippen molar-refractivity contribution in [2.45, 2.75) is 13.3 Å². The van der Waals surface area contributed by atoms with E-state index in [2.05, 4.69) is 10.3 Å². The minimum absolute atomic E-state index is 0.142. The van der Waals surface area contributed by atoms with E-state index in [1.165, 1.54) is 11.3 Å². The number of anilines is 1. The molecule has 0 atom stereocenters. The maximum Gasteiger partial charge on any atom is 0.230 e. The Balaban J connectivity index is 1.71. The lowest BCUT2D eigenvalue weighted by Gasteiger charge is -2.02. The Morgan fingerprint density at radius 2 is 1.83 bits per heavy atom. The van der Waals surface area contributed by atoms with Gasteiger partial charge in [0, 0.05) is 15.5 Å². The molecule has 3 aromatic rings. The summed E-state index contributed by atoms with van der Waals surface area (Å²) >= 11 is 7.35. The van der Waals surface area contributed by atoms with Crippen molar-refractivity contribution in [1.82, 2.24) is 4.98 Å². The van der Waals surface area contributed by atoms with Crippen molar-refractivity contribution in [2.75, 3.05) is 5.32 Å². The van der Waals surface area contributed by atoms with Crippen LogP contribution < -0.4 is 5.32 Å². The average molecular weight is 359 g/mol. The van der Waals surface area contributed by atoms with Gasteiger partial charge >= 0.3 is 0 Å². The number of hydrogen-bond acceptors (Lipinski definition) is 4. The van der Waals surface area contributed by atoms with Crippen LogP contribution in [0, 0.1) is 6.92 Å². The highest BCUT2D eigenvalue weighted by molar-refractivity contribution is 7.16. The van der Waals surface area contributed by atoms with Crippen LogP contribution in [0.4, 0.5) is 5.13 Å². The molecule has 0 spiro atoms. The molecule has 0 saturated carbocycles. The first-order valence-corrected chi connectivity index (χ1v) is 8.52. The normalized spacial score (nSPS) is 10.6. The van der Waals surface area contributed by atoms with Crippen molar-refractivity contribution in [3.8, 4) is 17.0 Å². The number of phenols is 1. The summed E-state index contributed by atoms with van der Waals surface area (Å²) in [7, 11) is 0. The van der Waals surface area contributed by atoms with Crippen LogP contribution in [0.15, 0.2) is 48.5 Å². The smallest absolute Gasteiger partial charge is 0.230 e. The number of carbonyl (C=O) groups is 1. The molecule has 0 unspecified atom stereocenters. The van der Waals surface area contributed by atoms with Crippen LogP contribution in [0.2, 0.25) is 5.02 Å². The standard InChI is InChI=1S/C18H15ClN2O2S/c1-11-17(13-4-6-14(19)7-5-13)21-18(24-11)20-16(23)10-12-2-8-15(22)9-3-12/h2-9,22H,10H2,1H3,(H,20,21,23). The number of aromatic nitrogens is 1. The van der Waals surface area contributed by atoms with Gasteiger partial charge in [-0.25, -0.2) is 4.98 Å². The fourth-order valence-corrected chi connectivity index (χ4v) is 3.27. The van der Waals surface area contributed by atoms with Gasteiger partial charge < -0.3 is 10.4 Å². The largest absolute Gasteiger partial charge is 0.508 e. The Kier molecular flexibility index (Phi) is 4.83. The molecule has 0 bridgehead atoms. The number of phenolic OH excluding ortho intramolecular Hbond substituents is 1. The Morgan fingerprint density at radius 3 is 2.50 bits per heavy atom. The van der Waals surface area contributed by atoms with Crippen LogP contribution in [0.1, 0.15) is 10.4 Å². The SMILES string of the molecule is Cc1sc(NC(=O)Cc2ccc(O)cc2)nc1-c1ccc(Cl)cc1. The van der Waals surface area contributed by atoms with Gasteiger partial charge in [-0.1, -0.05) is 35.9 Å². The van der Waals surface area contributed by atoms with Gasteiger partial charge in [-0.3, -0.25) is 4.79 Å². The molecule has 0 radical (unpaired) electrons. The lowest BCUT2D eigenvalue weighted by Crippen LogP contribution is -2.14. The van der Waals surface area contributed by atoms with E-state index in [0.29, 0.717) is 10.2 Å². The number of thiazole rings is 1. The van der Waals surface area contributed by atoms with Crippen molar-refractivity contribution in [3.63, 3.8) is 0 Å². The molecule has 0 aliphatic carbocycles. The third-order valence-electron chi connectivity index (χ3n) is 3.46. The molecule has 2 N–H and O–H groups in total. The zero-order valence-corrected chi connectivity index (χ0v) is 14.5. The first kappa shape index (κ1) is 16.5. The number of nitrogens with one attached hydrogen (secondary N) is 1. The fraction of sp³-hybridized carbons (Fsp3) is 0.111. The predicted octanol–water partition coefficient (Wildman–Crippen LogP) is 4.66. The number of aromatic hydroxyl groups is 1. The monoisotopic (exact) mass is 358 g/mol. The Morgan fingerprint density at radius 1 is 1.17 bits per heavy atom. The van der Waals surface area contributed by atoms with Crippen LogP contribution in [0.5, 0.6) is 5.75 Å². The topological polar surface area (TPSA) is 62.2 Å². The highest BCUT2D eigenvalue weighted by Gasteiger charge is 2.12. The molecular formula is C18H15ClN2O2S. The molecule has 24 heavy (non-hydrogen) atoms. The average Bonchev–Trinajstić information content (AvgIpc) is 2.90. The highest BCUT2D eigenvalue weighted by atomic mass is 35.5. The molecule has 0 aliphatic heterocycles. The van der Waals surface area contributed by atoms with Crippen LogP contribution in [-0.4, -0.2) is 16.0 Å². The maximum absolute atomic E-state index is 12.1. The van der Waals surface area contributed by atoms with Gasteiger partial charge in [0.2, 0.25) is 5.91 Å². The van der Waals surface area contributed by atoms with Crippen molar-refractivity contribution < 1.29 is 9.90 Å². The lowest BCUT2D eigenvalue weighted by molar-refractivity contribution is -0.115. The summed E-state index contributed by atoms with van der Waals surface area (Å²) in [5.41, 5.74) is 2.64. The van der Waals surface area contributed by atoms with E-state index in [0.717, 1.165) is 21.7 Å². The number of amides is 1. The zero-order valence-electron chi connectivity index (χ0n) is 12.9. The van der Waals surface area contributed by atoms with Crippen LogP contribution in [-0.2, 0) is 11.2 Å². The van der Waals surface area contributed by atoms with Gasteiger partial charge in [-0.2, -0.15) is 0 Å². The molecule has 6 heteroatoms. The Bertz CT molecular complexity index is 858. The molecule has 122 valence electrons. The summed E-state index contributed by atoms with van der Waals surface area (Å²) < 4.78 is 0. The number of rotatable bonds is 4. The second-order valence-electron chi connectivity index (χ2n) is 5.32. The lowest BCUT2D eigenvalue weighted by atomic mass is 10.1. The van der Waals surface area contributed by atoms with Crippen molar-refractivity contribution >= 4 is 34.0 Å². The van der Waals surface area contributed by atoms with Gasteiger partial charge in [-0.05, 0) is 36.8 Å². The highest BCUT2D eigenvalue weighted by Crippen LogP contribution is 2.31. The van der Waals surface area contributed by atoms with E-state index < -0.39 is 0 Å². The summed E-state index contributed by atoms with van der Waals surface area (Å²) in [6, 6.07) is 14.0. The van der Waals surface area contributed by atoms with Crippen molar-refractivity contribution in [1.29, 1.82) is 0 Å². The quantitative estimate of drug-likeness (QED) is 0.713. The summed E-state index contributed by atoms with van der Waals surface area (Å²) in [6.45, 7) is 1.97. The summed E-state index contributed by atoms with van der Waals surface area (Å²) in [4.78, 5) is 17.7. The Hall–Kier alpha value is -2.37. The first-order chi connectivity index (χ1) is 11.5. The number of carbonyl (C=O) groups excluding carboxylic acids is 1. The summed E-state index contributed by atoms with van der Waals surface area (Å²) in [6.07, 6.45) is 0.231. The second-order valence-corrected chi connectivity index (χ2v) is 6.96. The van der Waals surface area contributed by atoms with E-state index in [1.54, 1.807) is 24.3 Å². The summed E-state index contributed by atoms with van der Waals surface area (Å²) in [5.74, 6) is 0.0411. The van der Waals surface area contributed by atoms with E-state index in [-0.39, 0.29) is 18.1 Å². The first-order valence-electron chi connectivity index (χ1n) is 7.32. The van der Waals surface area contributed by atoms with Gasteiger partial charge in [-0.15, -0.1) is 11.3 Å². The minimum Gasteiger partial charge on any atom is -0.508 e. The molecular weight excluding hydrogens is 344 g/mol. The van der Waals surface area contributed by atoms with Gasteiger partial charge in [0.05, 0.1) is 12.1 Å². The maximum atomic E-state index is 12.1. The Labute approximate surface area is 148 Å². The summed E-state index contributed by atoms with van der Waals surface area (Å²) in [5, 5.41) is 13.3. The molecule has 0 fully saturated rings. The van der Waals surface area contributed by atoms with E-state index in [4.69, 9.17) is 11.6 Å². The fourth-order valence-electron chi connectivity index (χ4n) is 2.29. The zero-order chi connectivity index (χ0) is 17.1. The molecule has 4 nitrogen and oxygen atoms in total. The predicted molar refractivity (Wildman–Crippen MR) is 97.7 cm³/mol. The number of halogens is 1. The third-order valence-corrected chi connectivity index (χ3v) is 4.60. The van der Waals surface area contributed by atoms with Crippen LogP contribution in [0.3, 0.4) is 0 Å². The van der Waals surface area contributed by atoms with E-state index >= 15 is 0 Å². The second kappa shape index (κ2) is 7.03. The third kappa shape index (κ3) is 3.93. The number of benzene rings is 2. The molecule has 2 aromatic carbocycles. The molecule has 3 rings (SSSR count). The van der Waals surface area contributed by atoms with Crippen molar-refractivity contribution in [3.05, 3.63) is 64.0 Å². The van der Waals surface area contributed by atoms with Gasteiger partial charge in [0.25, 0.3) is 0 Å². The van der Waals surface area contributed by atoms with Crippen LogP contribution >= 0.6 is 22.9 Å².